The van der Waals surface area contributed by atoms with E-state index in [1.54, 1.807) is 13.8 Å². The first-order valence-electron chi connectivity index (χ1n) is 14.5. The van der Waals surface area contributed by atoms with Crippen LogP contribution < -0.4 is 10.6 Å². The maximum absolute atomic E-state index is 13.4. The molecule has 1 aromatic carbocycles. The number of urea groups is 1. The number of nitrogens with one attached hydrogen (secondary N) is 2. The van der Waals surface area contributed by atoms with Crippen LogP contribution in [0, 0.1) is 24.6 Å². The molecule has 2 saturated heterocycles. The maximum Gasteiger partial charge on any atom is 0.321 e. The summed E-state index contributed by atoms with van der Waals surface area (Å²) in [6.07, 6.45) is 3.82. The Bertz CT molecular complexity index is 1300. The van der Waals surface area contributed by atoms with E-state index in [9.17, 15) is 22.4 Å². The van der Waals surface area contributed by atoms with Crippen molar-refractivity contribution in [1.82, 2.24) is 20.1 Å². The van der Waals surface area contributed by atoms with Gasteiger partial charge in [-0.3, -0.25) is 10.1 Å². The van der Waals surface area contributed by atoms with Gasteiger partial charge in [-0.05, 0) is 62.8 Å². The first-order chi connectivity index (χ1) is 19.5. The number of anilines is 1. The molecule has 2 aromatic rings. The Morgan fingerprint density at radius 2 is 1.88 bits per heavy atom. The lowest BCUT2D eigenvalue weighted by Crippen LogP contribution is -2.56. The zero-order valence-corrected chi connectivity index (χ0v) is 25.8. The molecule has 2 N–H and O–H groups in total. The number of rotatable bonds is 11. The minimum Gasteiger partial charge on any atom is -0.335 e. The maximum atomic E-state index is 13.4. The van der Waals surface area contributed by atoms with Gasteiger partial charge in [-0.15, -0.1) is 0 Å². The van der Waals surface area contributed by atoms with Crippen molar-refractivity contribution in [3.05, 3.63) is 46.2 Å². The number of ketones is 1. The van der Waals surface area contributed by atoms with E-state index in [0.29, 0.717) is 47.7 Å². The van der Waals surface area contributed by atoms with Gasteiger partial charge in [0.05, 0.1) is 16.3 Å². The third-order valence-electron chi connectivity index (χ3n) is 8.16. The van der Waals surface area contributed by atoms with E-state index >= 15 is 0 Å². The Morgan fingerprint density at radius 3 is 2.56 bits per heavy atom. The van der Waals surface area contributed by atoms with Crippen molar-refractivity contribution in [3.8, 4) is 0 Å². The smallest absolute Gasteiger partial charge is 0.321 e. The molecule has 12 heteroatoms. The molecule has 0 spiro atoms. The number of aryl methyl sites for hydroxylation is 1. The van der Waals surface area contributed by atoms with Crippen LogP contribution >= 0.6 is 11.3 Å². The molecule has 0 saturated carbocycles. The zero-order valence-electron chi connectivity index (χ0n) is 24.2. The van der Waals surface area contributed by atoms with Crippen LogP contribution in [-0.2, 0) is 16.3 Å². The highest BCUT2D eigenvalue weighted by molar-refractivity contribution is 7.91. The van der Waals surface area contributed by atoms with Gasteiger partial charge in [-0.2, -0.15) is 0 Å². The lowest BCUT2D eigenvalue weighted by Gasteiger charge is -2.42. The van der Waals surface area contributed by atoms with Crippen LogP contribution in [-0.4, -0.2) is 91.8 Å². The number of piperidine rings is 2. The van der Waals surface area contributed by atoms with E-state index in [-0.39, 0.29) is 41.1 Å². The highest BCUT2D eigenvalue weighted by Gasteiger charge is 2.33. The van der Waals surface area contributed by atoms with E-state index in [2.05, 4.69) is 25.4 Å². The largest absolute Gasteiger partial charge is 0.335 e. The predicted molar refractivity (Wildman–Crippen MR) is 161 cm³/mol. The Labute approximate surface area is 246 Å². The number of likely N-dealkylation sites (tertiary alicyclic amines) is 2. The first kappa shape index (κ1) is 31.5. The average Bonchev–Trinajstić information content (AvgIpc) is 3.30. The van der Waals surface area contributed by atoms with Gasteiger partial charge in [-0.1, -0.05) is 30.4 Å². The monoisotopic (exact) mass is 607 g/mol. The molecule has 1 unspecified atom stereocenters. The molecule has 2 fully saturated rings. The molecule has 41 heavy (non-hydrogen) atoms. The highest BCUT2D eigenvalue weighted by atomic mass is 32.2. The number of carbonyl (C=O) groups is 2. The second kappa shape index (κ2) is 14.2. The number of nitrogens with zero attached hydrogens (tertiary/aromatic N) is 3. The number of sulfone groups is 1. The minimum absolute atomic E-state index is 0.0785. The van der Waals surface area contributed by atoms with Gasteiger partial charge in [0, 0.05) is 57.4 Å². The van der Waals surface area contributed by atoms with Crippen LogP contribution in [0.5, 0.6) is 0 Å². The van der Waals surface area contributed by atoms with Gasteiger partial charge < -0.3 is 15.1 Å². The number of carbonyl (C=O) groups excluding carboxylic acids is 2. The van der Waals surface area contributed by atoms with Crippen molar-refractivity contribution in [2.45, 2.75) is 52.5 Å². The number of amides is 2. The van der Waals surface area contributed by atoms with Crippen LogP contribution in [0.25, 0.3) is 0 Å². The Kier molecular flexibility index (Phi) is 10.9. The number of benzene rings is 1. The summed E-state index contributed by atoms with van der Waals surface area (Å²) in [6, 6.07) is 6.32. The normalized spacial score (nSPS) is 22.4. The number of thiazole rings is 1. The Hall–Kier alpha value is -2.41. The van der Waals surface area contributed by atoms with Gasteiger partial charge in [0.2, 0.25) is 0 Å². The third kappa shape index (κ3) is 9.29. The van der Waals surface area contributed by atoms with Crippen molar-refractivity contribution in [3.63, 3.8) is 0 Å². The minimum atomic E-state index is -3.06. The van der Waals surface area contributed by atoms with E-state index in [1.807, 2.05) is 12.1 Å². The second-order valence-corrected chi connectivity index (χ2v) is 14.9. The Morgan fingerprint density at radius 1 is 1.12 bits per heavy atom. The van der Waals surface area contributed by atoms with Crippen LogP contribution in [0.15, 0.2) is 24.3 Å². The lowest BCUT2D eigenvalue weighted by atomic mass is 9.88. The van der Waals surface area contributed by atoms with Crippen molar-refractivity contribution in [1.29, 1.82) is 0 Å². The summed E-state index contributed by atoms with van der Waals surface area (Å²) in [7, 11) is -3.06. The zero-order chi connectivity index (χ0) is 29.6. The molecule has 4 rings (SSSR count). The SMILES string of the molecule is CCS(=O)(=O)CCN1CC[C@@H](NC(=O)Nc2nc(C)c(C(C)=O)s2)[C@H](CN2CCCC(Cc3ccc(F)cc3)C2)C1. The summed E-state index contributed by atoms with van der Waals surface area (Å²) in [4.78, 5) is 34.3. The number of aromatic nitrogens is 1. The van der Waals surface area contributed by atoms with E-state index < -0.39 is 9.84 Å². The fourth-order valence-electron chi connectivity index (χ4n) is 5.95. The molecule has 9 nitrogen and oxygen atoms in total. The summed E-state index contributed by atoms with van der Waals surface area (Å²) in [6.45, 7) is 9.52. The molecule has 2 aliphatic heterocycles. The summed E-state index contributed by atoms with van der Waals surface area (Å²) in [5.41, 5.74) is 1.74. The first-order valence-corrected chi connectivity index (χ1v) is 17.1. The van der Waals surface area contributed by atoms with Gasteiger partial charge >= 0.3 is 6.03 Å². The molecule has 0 radical (unpaired) electrons. The highest BCUT2D eigenvalue weighted by Crippen LogP contribution is 2.26. The number of halogens is 1. The van der Waals surface area contributed by atoms with Gasteiger partial charge in [0.25, 0.3) is 0 Å². The molecular formula is C29H42FN5O4S2. The molecular weight excluding hydrogens is 565 g/mol. The topological polar surface area (TPSA) is 112 Å². The predicted octanol–water partition coefficient (Wildman–Crippen LogP) is 3.99. The molecule has 0 bridgehead atoms. The molecule has 1 aromatic heterocycles. The third-order valence-corrected chi connectivity index (χ3v) is 11.0. The van der Waals surface area contributed by atoms with Gasteiger partial charge in [-0.25, -0.2) is 22.6 Å². The number of hydrogen-bond donors (Lipinski definition) is 2. The molecule has 2 amide bonds. The number of Topliss-reactive ketones (excluding diaryl/α,β-unsaturated/α-hetero) is 1. The van der Waals surface area contributed by atoms with Crippen LogP contribution in [0.1, 0.15) is 54.0 Å². The molecule has 226 valence electrons. The molecule has 3 atom stereocenters. The van der Waals surface area contributed by atoms with E-state index in [0.717, 1.165) is 44.5 Å². The molecule has 0 aliphatic carbocycles. The van der Waals surface area contributed by atoms with Crippen LogP contribution in [0.2, 0.25) is 0 Å². The summed E-state index contributed by atoms with van der Waals surface area (Å²) < 4.78 is 37.7. The van der Waals surface area contributed by atoms with E-state index in [1.165, 1.54) is 30.4 Å². The standard InChI is InChI=1S/C29H42FN5O4S2/c1-4-41(38,39)15-14-34-13-11-26(32-28(37)33-29-31-20(2)27(40-29)21(3)36)24(18-34)19-35-12-5-6-23(17-35)16-22-7-9-25(30)10-8-22/h7-10,23-24,26H,4-6,11-19H2,1-3H3,(H2,31,32,33,37)/t23?,24-,26+/m0/s1. The molecule has 3 heterocycles. The van der Waals surface area contributed by atoms with Crippen molar-refractivity contribution >= 4 is 38.1 Å². The lowest BCUT2D eigenvalue weighted by molar-refractivity contribution is 0.0878. The van der Waals surface area contributed by atoms with Crippen molar-refractivity contribution < 1.29 is 22.4 Å². The fourth-order valence-corrected chi connectivity index (χ4v) is 7.63. The van der Waals surface area contributed by atoms with E-state index in [4.69, 9.17) is 0 Å². The van der Waals surface area contributed by atoms with Gasteiger partial charge in [0.15, 0.2) is 20.8 Å². The average molecular weight is 608 g/mol. The second-order valence-electron chi connectivity index (χ2n) is 11.4. The van der Waals surface area contributed by atoms with Crippen LogP contribution in [0.4, 0.5) is 14.3 Å². The summed E-state index contributed by atoms with van der Waals surface area (Å²) in [5, 5.41) is 6.35. The summed E-state index contributed by atoms with van der Waals surface area (Å²) in [5.74, 6) is 0.570. The van der Waals surface area contributed by atoms with Crippen molar-refractivity contribution in [2.75, 3.05) is 56.1 Å². The molecule has 2 aliphatic rings. The summed E-state index contributed by atoms with van der Waals surface area (Å²) >= 11 is 1.17. The quantitative estimate of drug-likeness (QED) is 0.372. The van der Waals surface area contributed by atoms with Gasteiger partial charge in [0.1, 0.15) is 5.82 Å². The fraction of sp³-hybridized carbons (Fsp3) is 0.621. The Balaban J connectivity index is 1.40. The number of hydrogen-bond acceptors (Lipinski definition) is 8. The van der Waals surface area contributed by atoms with Crippen molar-refractivity contribution in [2.24, 2.45) is 11.8 Å². The van der Waals surface area contributed by atoms with Crippen LogP contribution in [0.3, 0.4) is 0 Å².